The molecule has 2 N–H and O–H groups in total. The predicted molar refractivity (Wildman–Crippen MR) is 70.9 cm³/mol. The monoisotopic (exact) mass is 271 g/mol. The lowest BCUT2D eigenvalue weighted by Crippen LogP contribution is -2.24. The number of ether oxygens (including phenoxy) is 1. The van der Waals surface area contributed by atoms with Crippen LogP contribution in [0.15, 0.2) is 18.2 Å². The van der Waals surface area contributed by atoms with Crippen LogP contribution in [0.1, 0.15) is 31.9 Å². The van der Waals surface area contributed by atoms with Crippen LogP contribution in [0.5, 0.6) is 5.75 Å². The molecule has 0 saturated heterocycles. The van der Waals surface area contributed by atoms with Crippen molar-refractivity contribution in [1.82, 2.24) is 5.32 Å². The van der Waals surface area contributed by atoms with Gasteiger partial charge in [0.05, 0.1) is 19.1 Å². The van der Waals surface area contributed by atoms with Crippen LogP contribution in [0.3, 0.4) is 0 Å². The summed E-state index contributed by atoms with van der Waals surface area (Å²) in [6, 6.07) is 5.05. The lowest BCUT2D eigenvalue weighted by molar-refractivity contribution is -0.121. The van der Waals surface area contributed by atoms with E-state index in [-0.39, 0.29) is 18.9 Å². The van der Waals surface area contributed by atoms with Crippen molar-refractivity contribution in [1.29, 1.82) is 0 Å². The molecule has 0 aliphatic carbocycles. The summed E-state index contributed by atoms with van der Waals surface area (Å²) < 4.78 is 5.49. The van der Waals surface area contributed by atoms with Crippen LogP contribution >= 0.6 is 11.6 Å². The van der Waals surface area contributed by atoms with Crippen molar-refractivity contribution < 1.29 is 14.6 Å². The lowest BCUT2D eigenvalue weighted by atomic mass is 10.1. The molecule has 0 radical (unpaired) electrons. The Morgan fingerprint density at radius 1 is 1.56 bits per heavy atom. The molecule has 100 valence electrons. The molecule has 1 amide bonds. The molecule has 5 heteroatoms. The molecule has 1 aromatic rings. The molecule has 0 aromatic heterocycles. The van der Waals surface area contributed by atoms with Gasteiger partial charge in [0.15, 0.2) is 0 Å². The first-order valence-electron chi connectivity index (χ1n) is 5.91. The standard InChI is InChI=1S/C13H18ClNO3/c1-3-15-13(17)6-7-18-12-5-4-10(14)8-11(12)9(2)16/h4-5,8-9,16H,3,6-7H2,1-2H3,(H,15,17)/t9-/m0/s1. The first-order chi connectivity index (χ1) is 8.54. The van der Waals surface area contributed by atoms with Crippen molar-refractivity contribution in [3.05, 3.63) is 28.8 Å². The van der Waals surface area contributed by atoms with E-state index in [1.54, 1.807) is 25.1 Å². The van der Waals surface area contributed by atoms with Gasteiger partial charge in [0.25, 0.3) is 0 Å². The van der Waals surface area contributed by atoms with E-state index in [1.165, 1.54) is 0 Å². The van der Waals surface area contributed by atoms with E-state index >= 15 is 0 Å². The van der Waals surface area contributed by atoms with Gasteiger partial charge in [0.2, 0.25) is 5.91 Å². The molecule has 0 bridgehead atoms. The number of benzene rings is 1. The van der Waals surface area contributed by atoms with Gasteiger partial charge in [-0.05, 0) is 32.0 Å². The fourth-order valence-corrected chi connectivity index (χ4v) is 1.70. The average Bonchev–Trinajstić information content (AvgIpc) is 2.31. The second-order valence-corrected chi connectivity index (χ2v) is 4.35. The molecule has 1 atom stereocenters. The first-order valence-corrected chi connectivity index (χ1v) is 6.29. The molecule has 1 rings (SSSR count). The number of hydrogen-bond donors (Lipinski definition) is 2. The van der Waals surface area contributed by atoms with Crippen molar-refractivity contribution in [2.24, 2.45) is 0 Å². The first kappa shape index (κ1) is 14.8. The van der Waals surface area contributed by atoms with E-state index in [0.29, 0.717) is 22.9 Å². The molecule has 0 saturated carbocycles. The number of halogens is 1. The summed E-state index contributed by atoms with van der Waals surface area (Å²) in [4.78, 5) is 11.2. The van der Waals surface area contributed by atoms with Crippen LogP contribution in [0, 0.1) is 0 Å². The van der Waals surface area contributed by atoms with Gasteiger partial charge in [-0.15, -0.1) is 0 Å². The van der Waals surface area contributed by atoms with Gasteiger partial charge in [0.1, 0.15) is 5.75 Å². The van der Waals surface area contributed by atoms with Gasteiger partial charge in [0, 0.05) is 17.1 Å². The summed E-state index contributed by atoms with van der Waals surface area (Å²) in [7, 11) is 0. The Bertz CT molecular complexity index is 407. The number of aliphatic hydroxyl groups is 1. The Hall–Kier alpha value is -1.26. The highest BCUT2D eigenvalue weighted by Crippen LogP contribution is 2.28. The quantitative estimate of drug-likeness (QED) is 0.835. The van der Waals surface area contributed by atoms with Crippen molar-refractivity contribution in [3.8, 4) is 5.75 Å². The molecule has 0 aliphatic rings. The van der Waals surface area contributed by atoms with Crippen molar-refractivity contribution in [3.63, 3.8) is 0 Å². The van der Waals surface area contributed by atoms with Crippen LogP contribution in [-0.2, 0) is 4.79 Å². The molecule has 0 aliphatic heterocycles. The Balaban J connectivity index is 2.59. The highest BCUT2D eigenvalue weighted by molar-refractivity contribution is 6.30. The van der Waals surface area contributed by atoms with Crippen LogP contribution in [-0.4, -0.2) is 24.2 Å². The highest BCUT2D eigenvalue weighted by Gasteiger charge is 2.10. The maximum Gasteiger partial charge on any atom is 0.223 e. The summed E-state index contributed by atoms with van der Waals surface area (Å²) in [6.07, 6.45) is -0.376. The summed E-state index contributed by atoms with van der Waals surface area (Å²) in [5, 5.41) is 12.8. The Kier molecular flexibility index (Phi) is 5.95. The largest absolute Gasteiger partial charge is 0.493 e. The SMILES string of the molecule is CCNC(=O)CCOc1ccc(Cl)cc1[C@H](C)O. The van der Waals surface area contributed by atoms with E-state index in [1.807, 2.05) is 6.92 Å². The predicted octanol–water partition coefficient (Wildman–Crippen LogP) is 2.30. The van der Waals surface area contributed by atoms with Crippen LogP contribution in [0.4, 0.5) is 0 Å². The minimum atomic E-state index is -0.664. The molecular weight excluding hydrogens is 254 g/mol. The van der Waals surface area contributed by atoms with Gasteiger partial charge in [-0.1, -0.05) is 11.6 Å². The Morgan fingerprint density at radius 3 is 2.89 bits per heavy atom. The second kappa shape index (κ2) is 7.24. The number of hydrogen-bond acceptors (Lipinski definition) is 3. The topological polar surface area (TPSA) is 58.6 Å². The Labute approximate surface area is 112 Å². The van der Waals surface area contributed by atoms with E-state index in [0.717, 1.165) is 0 Å². The summed E-state index contributed by atoms with van der Waals surface area (Å²) in [5.74, 6) is 0.503. The number of aliphatic hydroxyl groups excluding tert-OH is 1. The molecule has 4 nitrogen and oxygen atoms in total. The van der Waals surface area contributed by atoms with Crippen molar-refractivity contribution >= 4 is 17.5 Å². The second-order valence-electron chi connectivity index (χ2n) is 3.91. The van der Waals surface area contributed by atoms with Crippen molar-refractivity contribution in [2.45, 2.75) is 26.4 Å². The van der Waals surface area contributed by atoms with Gasteiger partial charge in [-0.25, -0.2) is 0 Å². The van der Waals surface area contributed by atoms with Gasteiger partial charge in [-0.2, -0.15) is 0 Å². The minimum absolute atomic E-state index is 0.0509. The summed E-state index contributed by atoms with van der Waals surface area (Å²) >= 11 is 5.86. The van der Waals surface area contributed by atoms with E-state index < -0.39 is 6.10 Å². The smallest absolute Gasteiger partial charge is 0.223 e. The third kappa shape index (κ3) is 4.55. The number of carbonyl (C=O) groups is 1. The molecular formula is C13H18ClNO3. The van der Waals surface area contributed by atoms with E-state index in [9.17, 15) is 9.90 Å². The third-order valence-corrected chi connectivity index (χ3v) is 2.62. The van der Waals surface area contributed by atoms with Gasteiger partial charge >= 0.3 is 0 Å². The molecule has 0 unspecified atom stereocenters. The molecule has 0 spiro atoms. The van der Waals surface area contributed by atoms with Gasteiger partial charge < -0.3 is 15.2 Å². The molecule has 1 aromatic carbocycles. The third-order valence-electron chi connectivity index (χ3n) is 2.38. The molecule has 0 heterocycles. The fourth-order valence-electron chi connectivity index (χ4n) is 1.52. The zero-order valence-electron chi connectivity index (χ0n) is 10.6. The number of amides is 1. The van der Waals surface area contributed by atoms with E-state index in [4.69, 9.17) is 16.3 Å². The Morgan fingerprint density at radius 2 is 2.28 bits per heavy atom. The summed E-state index contributed by atoms with van der Waals surface area (Å²) in [5.41, 5.74) is 0.624. The zero-order chi connectivity index (χ0) is 13.5. The highest BCUT2D eigenvalue weighted by atomic mass is 35.5. The van der Waals surface area contributed by atoms with E-state index in [2.05, 4.69) is 5.32 Å². The average molecular weight is 272 g/mol. The maximum absolute atomic E-state index is 11.2. The fraction of sp³-hybridized carbons (Fsp3) is 0.462. The maximum atomic E-state index is 11.2. The van der Waals surface area contributed by atoms with Crippen LogP contribution < -0.4 is 10.1 Å². The van der Waals surface area contributed by atoms with Crippen LogP contribution in [0.25, 0.3) is 0 Å². The number of rotatable bonds is 6. The molecule has 18 heavy (non-hydrogen) atoms. The number of carbonyl (C=O) groups excluding carboxylic acids is 1. The van der Waals surface area contributed by atoms with Crippen LogP contribution in [0.2, 0.25) is 5.02 Å². The zero-order valence-corrected chi connectivity index (χ0v) is 11.3. The molecule has 0 fully saturated rings. The van der Waals surface area contributed by atoms with Crippen molar-refractivity contribution in [2.75, 3.05) is 13.2 Å². The normalized spacial score (nSPS) is 12.0. The lowest BCUT2D eigenvalue weighted by Gasteiger charge is -2.13. The minimum Gasteiger partial charge on any atom is -0.493 e. The van der Waals surface area contributed by atoms with Gasteiger partial charge in [-0.3, -0.25) is 4.79 Å². The number of nitrogens with one attached hydrogen (secondary N) is 1. The summed E-state index contributed by atoms with van der Waals surface area (Å²) in [6.45, 7) is 4.39.